The topological polar surface area (TPSA) is 122 Å². The van der Waals surface area contributed by atoms with E-state index < -0.39 is 16.9 Å². The molecule has 9 nitrogen and oxygen atoms in total. The van der Waals surface area contributed by atoms with E-state index in [0.29, 0.717) is 30.5 Å². The van der Waals surface area contributed by atoms with Crippen molar-refractivity contribution in [3.8, 4) is 16.9 Å². The Morgan fingerprint density at radius 3 is 2.42 bits per heavy atom. The average Bonchev–Trinajstić information content (AvgIpc) is 2.93. The molecule has 9 heteroatoms. The molecule has 3 aromatic rings. The molecule has 0 aromatic heterocycles. The van der Waals surface area contributed by atoms with Gasteiger partial charge in [-0.15, -0.1) is 0 Å². The number of rotatable bonds is 6. The van der Waals surface area contributed by atoms with Crippen molar-refractivity contribution in [3.63, 3.8) is 0 Å². The number of carboxylic acid groups (broad SMARTS) is 1. The number of hydrogen-bond donors (Lipinski definition) is 2. The molecule has 2 N–H and O–H groups in total. The number of nitrogens with one attached hydrogen (secondary N) is 1. The van der Waals surface area contributed by atoms with E-state index in [9.17, 15) is 19.7 Å². The summed E-state index contributed by atoms with van der Waals surface area (Å²) in [5.41, 5.74) is 3.84. The summed E-state index contributed by atoms with van der Waals surface area (Å²) < 4.78 is 5.86. The van der Waals surface area contributed by atoms with Gasteiger partial charge in [0.2, 0.25) is 0 Å². The number of anilines is 2. The Hall–Kier alpha value is -4.40. The minimum Gasteiger partial charge on any atom is -0.490 e. The van der Waals surface area contributed by atoms with Crippen molar-refractivity contribution < 1.29 is 24.4 Å². The predicted molar refractivity (Wildman–Crippen MR) is 144 cm³/mol. The molecule has 0 bridgehead atoms. The molecule has 0 unspecified atom stereocenters. The van der Waals surface area contributed by atoms with Gasteiger partial charge in [-0.05, 0) is 72.4 Å². The second kappa shape index (κ2) is 10.9. The van der Waals surface area contributed by atoms with Crippen molar-refractivity contribution in [1.29, 1.82) is 0 Å². The summed E-state index contributed by atoms with van der Waals surface area (Å²) in [6.07, 6.45) is 4.17. The van der Waals surface area contributed by atoms with Crippen LogP contribution in [-0.4, -0.2) is 35.2 Å². The van der Waals surface area contributed by atoms with Gasteiger partial charge in [-0.3, -0.25) is 19.8 Å². The van der Waals surface area contributed by atoms with Crippen LogP contribution >= 0.6 is 0 Å². The van der Waals surface area contributed by atoms with Gasteiger partial charge in [0.1, 0.15) is 18.0 Å². The fourth-order valence-corrected chi connectivity index (χ4v) is 5.43. The van der Waals surface area contributed by atoms with E-state index in [-0.39, 0.29) is 23.7 Å². The molecule has 38 heavy (non-hydrogen) atoms. The molecule has 0 atom stereocenters. The summed E-state index contributed by atoms with van der Waals surface area (Å²) >= 11 is 0. The van der Waals surface area contributed by atoms with Crippen molar-refractivity contribution >= 4 is 29.1 Å². The quantitative estimate of drug-likeness (QED) is 0.288. The maximum Gasteiger partial charge on any atom is 0.326 e. The van der Waals surface area contributed by atoms with Crippen molar-refractivity contribution in [2.24, 2.45) is 5.92 Å². The van der Waals surface area contributed by atoms with Crippen molar-refractivity contribution in [3.05, 3.63) is 82.4 Å². The van der Waals surface area contributed by atoms with Gasteiger partial charge in [0.25, 0.3) is 5.69 Å². The molecule has 0 radical (unpaired) electrons. The minimum absolute atomic E-state index is 0.141. The van der Waals surface area contributed by atoms with Gasteiger partial charge in [0.15, 0.2) is 0 Å². The molecule has 1 aliphatic carbocycles. The van der Waals surface area contributed by atoms with Gasteiger partial charge in [-0.1, -0.05) is 42.5 Å². The maximum absolute atomic E-state index is 13.0. The summed E-state index contributed by atoms with van der Waals surface area (Å²) in [5, 5.41) is 23.0. The Kier molecular flexibility index (Phi) is 7.26. The van der Waals surface area contributed by atoms with Crippen LogP contribution in [0.3, 0.4) is 0 Å². The van der Waals surface area contributed by atoms with Gasteiger partial charge in [-0.2, -0.15) is 0 Å². The van der Waals surface area contributed by atoms with Crippen LogP contribution in [0.1, 0.15) is 43.6 Å². The zero-order valence-electron chi connectivity index (χ0n) is 20.8. The number of amides is 2. The Labute approximate surface area is 220 Å². The molecule has 5 rings (SSSR count). The lowest BCUT2D eigenvalue weighted by Gasteiger charge is -2.30. The number of carbonyl (C=O) groups is 2. The second-order valence-corrected chi connectivity index (χ2v) is 9.82. The number of hydrogen-bond acceptors (Lipinski definition) is 5. The number of ether oxygens (including phenoxy) is 1. The first kappa shape index (κ1) is 25.3. The first-order valence-electron chi connectivity index (χ1n) is 12.8. The van der Waals surface area contributed by atoms with Crippen LogP contribution in [0.4, 0.5) is 21.9 Å². The number of para-hydroxylation sites is 2. The van der Waals surface area contributed by atoms with Gasteiger partial charge in [0.05, 0.1) is 17.2 Å². The molecule has 196 valence electrons. The van der Waals surface area contributed by atoms with E-state index in [1.54, 1.807) is 12.1 Å². The van der Waals surface area contributed by atoms with Gasteiger partial charge < -0.3 is 15.2 Å². The van der Waals surface area contributed by atoms with E-state index in [4.69, 9.17) is 9.84 Å². The number of aliphatic carboxylic acids is 1. The molecule has 3 aromatic carbocycles. The first-order chi connectivity index (χ1) is 18.4. The fourth-order valence-electron chi connectivity index (χ4n) is 5.43. The number of nitro groups is 1. The van der Waals surface area contributed by atoms with Crippen LogP contribution in [0.2, 0.25) is 0 Å². The summed E-state index contributed by atoms with van der Waals surface area (Å²) in [7, 11) is 0. The lowest BCUT2D eigenvalue weighted by molar-refractivity contribution is -0.383. The first-order valence-corrected chi connectivity index (χ1v) is 12.8. The summed E-state index contributed by atoms with van der Waals surface area (Å²) in [6, 6.07) is 19.7. The molecule has 0 spiro atoms. The summed E-state index contributed by atoms with van der Waals surface area (Å²) in [6.45, 7) is 0.631. The molecule has 1 aliphatic heterocycles. The smallest absolute Gasteiger partial charge is 0.326 e. The van der Waals surface area contributed by atoms with Crippen LogP contribution in [0, 0.1) is 16.0 Å². The third-order valence-corrected chi connectivity index (χ3v) is 7.44. The highest BCUT2D eigenvalue weighted by atomic mass is 16.6. The molecule has 2 aliphatic rings. The molecular weight excluding hydrogens is 486 g/mol. The highest BCUT2D eigenvalue weighted by molar-refractivity contribution is 6.04. The van der Waals surface area contributed by atoms with Crippen molar-refractivity contribution in [1.82, 2.24) is 0 Å². The molecule has 2 amide bonds. The number of fused-ring (bicyclic) bond motifs is 1. The fraction of sp³-hybridized carbons (Fsp3) is 0.310. The van der Waals surface area contributed by atoms with Crippen LogP contribution < -0.4 is 15.0 Å². The normalized spacial score (nSPS) is 18.7. The Bertz CT molecular complexity index is 1350. The lowest BCUT2D eigenvalue weighted by Crippen LogP contribution is -2.40. The van der Waals surface area contributed by atoms with E-state index in [1.165, 1.54) is 22.6 Å². The Morgan fingerprint density at radius 2 is 1.71 bits per heavy atom. The third-order valence-electron chi connectivity index (χ3n) is 7.44. The van der Waals surface area contributed by atoms with Gasteiger partial charge in [0, 0.05) is 12.5 Å². The number of carboxylic acids is 1. The zero-order chi connectivity index (χ0) is 26.6. The lowest BCUT2D eigenvalue weighted by atomic mass is 9.77. The van der Waals surface area contributed by atoms with Crippen molar-refractivity contribution in [2.45, 2.75) is 38.0 Å². The summed E-state index contributed by atoms with van der Waals surface area (Å²) in [5.74, 6) is 0.597. The number of urea groups is 1. The zero-order valence-corrected chi connectivity index (χ0v) is 20.8. The van der Waals surface area contributed by atoms with E-state index >= 15 is 0 Å². The van der Waals surface area contributed by atoms with Crippen LogP contribution in [0.25, 0.3) is 11.1 Å². The molecule has 1 fully saturated rings. The van der Waals surface area contributed by atoms with Crippen LogP contribution in [0.15, 0.2) is 66.7 Å². The maximum atomic E-state index is 13.0. The SMILES string of the molecule is O=C(O)C[C@H]1CC[C@H](c2ccc(-c3ccc4c(c3)OCCN4C(=O)Nc3ccccc3[N+](=O)[O-])cc2)CC1. The van der Waals surface area contributed by atoms with Gasteiger partial charge in [-0.25, -0.2) is 4.79 Å². The van der Waals surface area contributed by atoms with E-state index in [0.717, 1.165) is 36.8 Å². The average molecular weight is 516 g/mol. The molecule has 1 saturated carbocycles. The highest BCUT2D eigenvalue weighted by Gasteiger charge is 2.27. The molecule has 0 saturated heterocycles. The van der Waals surface area contributed by atoms with Crippen LogP contribution in [-0.2, 0) is 4.79 Å². The molecular formula is C29H29N3O6. The van der Waals surface area contributed by atoms with Crippen LogP contribution in [0.5, 0.6) is 5.75 Å². The number of nitrogens with zero attached hydrogens (tertiary/aromatic N) is 2. The van der Waals surface area contributed by atoms with E-state index in [2.05, 4.69) is 29.6 Å². The standard InChI is InChI=1S/C29H29N3O6/c33-28(34)17-19-5-7-20(8-6-19)21-9-11-22(12-10-21)23-13-14-26-27(18-23)38-16-15-31(26)29(35)30-24-3-1-2-4-25(24)32(36)37/h1-4,9-14,18-20H,5-8,15-17H2,(H,30,35)(H,33,34)/t19-,20-. The Morgan fingerprint density at radius 1 is 1.00 bits per heavy atom. The van der Waals surface area contributed by atoms with E-state index in [1.807, 2.05) is 18.2 Å². The second-order valence-electron chi connectivity index (χ2n) is 9.82. The Balaban J connectivity index is 1.28. The van der Waals surface area contributed by atoms with Crippen molar-refractivity contribution in [2.75, 3.05) is 23.4 Å². The van der Waals surface area contributed by atoms with Gasteiger partial charge >= 0.3 is 12.0 Å². The summed E-state index contributed by atoms with van der Waals surface area (Å²) in [4.78, 5) is 36.3. The molecule has 1 heterocycles. The minimum atomic E-state index is -0.712. The number of carbonyl (C=O) groups excluding carboxylic acids is 1. The monoisotopic (exact) mass is 515 g/mol. The highest BCUT2D eigenvalue weighted by Crippen LogP contribution is 2.39. The number of benzene rings is 3. The predicted octanol–water partition coefficient (Wildman–Crippen LogP) is 6.44. The third kappa shape index (κ3) is 5.46. The number of nitro benzene ring substituents is 1. The largest absolute Gasteiger partial charge is 0.490 e.